The van der Waals surface area contributed by atoms with Gasteiger partial charge in [-0.25, -0.2) is 12.7 Å². The van der Waals surface area contributed by atoms with Crippen molar-refractivity contribution in [3.8, 4) is 0 Å². The molecule has 0 aromatic rings. The number of aliphatic hydroxyl groups is 1. The summed E-state index contributed by atoms with van der Waals surface area (Å²) < 4.78 is 24.2. The molecule has 0 atom stereocenters. The molecule has 18 heavy (non-hydrogen) atoms. The molecule has 108 valence electrons. The number of hydrogen-bond acceptors (Lipinski definition) is 4. The van der Waals surface area contributed by atoms with E-state index in [-0.39, 0.29) is 6.61 Å². The van der Waals surface area contributed by atoms with Gasteiger partial charge in [0.05, 0.1) is 6.26 Å². The van der Waals surface area contributed by atoms with Gasteiger partial charge in [0.25, 0.3) is 0 Å². The van der Waals surface area contributed by atoms with Crippen molar-refractivity contribution in [3.63, 3.8) is 0 Å². The molecule has 1 saturated heterocycles. The van der Waals surface area contributed by atoms with Crippen LogP contribution in [0.4, 0.5) is 0 Å². The van der Waals surface area contributed by atoms with Gasteiger partial charge in [-0.05, 0) is 32.2 Å². The van der Waals surface area contributed by atoms with E-state index in [0.717, 1.165) is 45.1 Å². The highest BCUT2D eigenvalue weighted by Gasteiger charge is 2.24. The quantitative estimate of drug-likeness (QED) is 0.636. The minimum absolute atomic E-state index is 0.289. The van der Waals surface area contributed by atoms with E-state index < -0.39 is 10.0 Å². The number of aliphatic hydroxyl groups excluding tert-OH is 1. The second-order valence-electron chi connectivity index (χ2n) is 5.03. The maximum Gasteiger partial charge on any atom is 0.211 e. The topological polar surface area (TPSA) is 69.6 Å². The molecular formula is C12H26N2O3S. The fourth-order valence-corrected chi connectivity index (χ4v) is 3.16. The van der Waals surface area contributed by atoms with Gasteiger partial charge in [-0.3, -0.25) is 0 Å². The van der Waals surface area contributed by atoms with Crippen LogP contribution in [0.1, 0.15) is 38.5 Å². The van der Waals surface area contributed by atoms with E-state index in [4.69, 9.17) is 5.11 Å². The minimum atomic E-state index is -3.00. The Bertz CT molecular complexity index is 311. The van der Waals surface area contributed by atoms with Gasteiger partial charge in [0.15, 0.2) is 0 Å². The number of rotatable bonds is 8. The van der Waals surface area contributed by atoms with Gasteiger partial charge in [-0.1, -0.05) is 12.8 Å². The minimum Gasteiger partial charge on any atom is -0.396 e. The lowest BCUT2D eigenvalue weighted by molar-refractivity contribution is 0.279. The first kappa shape index (κ1) is 15.9. The molecule has 0 radical (unpaired) electrons. The lowest BCUT2D eigenvalue weighted by Crippen LogP contribution is -2.44. The van der Waals surface area contributed by atoms with E-state index in [0.29, 0.717) is 19.1 Å². The summed E-state index contributed by atoms with van der Waals surface area (Å²) in [6, 6.07) is 0.459. The standard InChI is InChI=1S/C12H26N2O3S/c1-18(16,17)14-9-6-12(7-10-14)13-8-4-2-3-5-11-15/h12-13,15H,2-11H2,1H3. The van der Waals surface area contributed by atoms with Crippen molar-refractivity contribution in [1.82, 2.24) is 9.62 Å². The van der Waals surface area contributed by atoms with Crippen LogP contribution in [0.2, 0.25) is 0 Å². The van der Waals surface area contributed by atoms with E-state index >= 15 is 0 Å². The van der Waals surface area contributed by atoms with E-state index in [1.807, 2.05) is 0 Å². The van der Waals surface area contributed by atoms with Crippen LogP contribution in [0.5, 0.6) is 0 Å². The lowest BCUT2D eigenvalue weighted by Gasteiger charge is -2.30. The van der Waals surface area contributed by atoms with Gasteiger partial charge < -0.3 is 10.4 Å². The molecule has 5 nitrogen and oxygen atoms in total. The van der Waals surface area contributed by atoms with Crippen LogP contribution < -0.4 is 5.32 Å². The second-order valence-corrected chi connectivity index (χ2v) is 7.01. The van der Waals surface area contributed by atoms with Crippen molar-refractivity contribution in [1.29, 1.82) is 0 Å². The Morgan fingerprint density at radius 2 is 1.78 bits per heavy atom. The van der Waals surface area contributed by atoms with E-state index in [1.165, 1.54) is 6.26 Å². The monoisotopic (exact) mass is 278 g/mol. The fraction of sp³-hybridized carbons (Fsp3) is 1.00. The van der Waals surface area contributed by atoms with Crippen molar-refractivity contribution >= 4 is 10.0 Å². The number of nitrogens with one attached hydrogen (secondary N) is 1. The largest absolute Gasteiger partial charge is 0.396 e. The maximum absolute atomic E-state index is 11.3. The molecule has 0 aromatic carbocycles. The van der Waals surface area contributed by atoms with E-state index in [9.17, 15) is 8.42 Å². The van der Waals surface area contributed by atoms with Gasteiger partial charge in [0, 0.05) is 25.7 Å². The zero-order chi connectivity index (χ0) is 13.4. The van der Waals surface area contributed by atoms with E-state index in [2.05, 4.69) is 5.32 Å². The first-order valence-corrected chi connectivity index (χ1v) is 8.68. The second kappa shape index (κ2) is 8.09. The summed E-state index contributed by atoms with van der Waals surface area (Å²) in [5.41, 5.74) is 0. The molecule has 1 fully saturated rings. The van der Waals surface area contributed by atoms with Crippen molar-refractivity contribution in [2.75, 3.05) is 32.5 Å². The zero-order valence-electron chi connectivity index (χ0n) is 11.3. The summed E-state index contributed by atoms with van der Waals surface area (Å²) >= 11 is 0. The molecule has 0 saturated carbocycles. The van der Waals surface area contributed by atoms with Crippen LogP contribution in [-0.4, -0.2) is 56.4 Å². The van der Waals surface area contributed by atoms with Crippen LogP contribution >= 0.6 is 0 Å². The third kappa shape index (κ3) is 6.13. The molecule has 0 bridgehead atoms. The number of nitrogens with zero attached hydrogens (tertiary/aromatic N) is 1. The Kier molecular flexibility index (Phi) is 7.14. The normalized spacial score (nSPS) is 19.2. The highest BCUT2D eigenvalue weighted by Crippen LogP contribution is 2.13. The lowest BCUT2D eigenvalue weighted by atomic mass is 10.1. The third-order valence-electron chi connectivity index (χ3n) is 3.44. The molecule has 0 unspecified atom stereocenters. The SMILES string of the molecule is CS(=O)(=O)N1CCC(NCCCCCCO)CC1. The molecule has 2 N–H and O–H groups in total. The van der Waals surface area contributed by atoms with Crippen LogP contribution in [0.25, 0.3) is 0 Å². The summed E-state index contributed by atoms with van der Waals surface area (Å²) in [7, 11) is -3.00. The average Bonchev–Trinajstić information content (AvgIpc) is 2.33. The number of sulfonamides is 1. The van der Waals surface area contributed by atoms with E-state index in [1.54, 1.807) is 4.31 Å². The first-order chi connectivity index (χ1) is 8.54. The van der Waals surface area contributed by atoms with Crippen LogP contribution in [-0.2, 0) is 10.0 Å². The molecule has 1 aliphatic rings. The summed E-state index contributed by atoms with van der Waals surface area (Å²) in [6.07, 6.45) is 7.36. The molecule has 0 amide bonds. The smallest absolute Gasteiger partial charge is 0.211 e. The zero-order valence-corrected chi connectivity index (χ0v) is 12.1. The molecule has 0 aliphatic carbocycles. The van der Waals surface area contributed by atoms with Crippen LogP contribution in [0.3, 0.4) is 0 Å². The highest BCUT2D eigenvalue weighted by atomic mass is 32.2. The number of hydrogen-bond donors (Lipinski definition) is 2. The number of piperidine rings is 1. The maximum atomic E-state index is 11.3. The van der Waals surface area contributed by atoms with Crippen LogP contribution in [0.15, 0.2) is 0 Å². The average molecular weight is 278 g/mol. The van der Waals surface area contributed by atoms with Gasteiger partial charge in [0.2, 0.25) is 10.0 Å². The molecule has 0 aromatic heterocycles. The Hall–Kier alpha value is -0.170. The molecular weight excluding hydrogens is 252 g/mol. The van der Waals surface area contributed by atoms with Gasteiger partial charge in [-0.15, -0.1) is 0 Å². The first-order valence-electron chi connectivity index (χ1n) is 6.83. The predicted molar refractivity (Wildman–Crippen MR) is 73.0 cm³/mol. The van der Waals surface area contributed by atoms with Gasteiger partial charge in [-0.2, -0.15) is 0 Å². The highest BCUT2D eigenvalue weighted by molar-refractivity contribution is 7.88. The Morgan fingerprint density at radius 1 is 1.17 bits per heavy atom. The van der Waals surface area contributed by atoms with Crippen molar-refractivity contribution in [2.45, 2.75) is 44.6 Å². The molecule has 0 spiro atoms. The summed E-state index contributed by atoms with van der Waals surface area (Å²) in [5.74, 6) is 0. The Balaban J connectivity index is 2.06. The molecule has 6 heteroatoms. The summed E-state index contributed by atoms with van der Waals surface area (Å²) in [6.45, 7) is 2.56. The third-order valence-corrected chi connectivity index (χ3v) is 4.74. The Morgan fingerprint density at radius 3 is 2.33 bits per heavy atom. The summed E-state index contributed by atoms with van der Waals surface area (Å²) in [5, 5.41) is 12.1. The van der Waals surface area contributed by atoms with Gasteiger partial charge in [0.1, 0.15) is 0 Å². The van der Waals surface area contributed by atoms with Crippen molar-refractivity contribution < 1.29 is 13.5 Å². The Labute approximate surface area is 111 Å². The molecule has 1 aliphatic heterocycles. The van der Waals surface area contributed by atoms with Crippen molar-refractivity contribution in [2.24, 2.45) is 0 Å². The van der Waals surface area contributed by atoms with Gasteiger partial charge >= 0.3 is 0 Å². The summed E-state index contributed by atoms with van der Waals surface area (Å²) in [4.78, 5) is 0. The molecule has 1 heterocycles. The molecule has 1 rings (SSSR count). The predicted octanol–water partition coefficient (Wildman–Crippen LogP) is 0.553. The number of unbranched alkanes of at least 4 members (excludes halogenated alkanes) is 3. The van der Waals surface area contributed by atoms with Crippen LogP contribution in [0, 0.1) is 0 Å². The van der Waals surface area contributed by atoms with Crippen molar-refractivity contribution in [3.05, 3.63) is 0 Å². The fourth-order valence-electron chi connectivity index (χ4n) is 2.29.